The number of nitrogens with one attached hydrogen (secondary N) is 3. The third kappa shape index (κ3) is 7.98. The van der Waals surface area contributed by atoms with E-state index in [1.54, 1.807) is 35.1 Å². The number of piperidine rings is 2. The molecule has 8 rings (SSSR count). The van der Waals surface area contributed by atoms with Gasteiger partial charge in [-0.2, -0.15) is 5.10 Å². The number of halogens is 1. The monoisotopic (exact) mass is 778 g/mol. The van der Waals surface area contributed by atoms with Gasteiger partial charge in [0.25, 0.3) is 5.91 Å². The molecule has 1 aromatic carbocycles. The largest absolute Gasteiger partial charge is 0.453 e. The van der Waals surface area contributed by atoms with Gasteiger partial charge in [-0.1, -0.05) is 11.6 Å². The summed E-state index contributed by atoms with van der Waals surface area (Å²) >= 11 is 6.54. The van der Waals surface area contributed by atoms with E-state index in [1.807, 2.05) is 38.3 Å². The van der Waals surface area contributed by atoms with E-state index < -0.39 is 0 Å². The average molecular weight is 779 g/mol. The molecule has 1 saturated carbocycles. The van der Waals surface area contributed by atoms with Crippen LogP contribution in [0.1, 0.15) is 78.9 Å². The Labute approximate surface area is 330 Å². The van der Waals surface area contributed by atoms with Crippen LogP contribution < -0.4 is 20.3 Å². The van der Waals surface area contributed by atoms with E-state index in [1.165, 1.54) is 6.20 Å². The number of hydrogen-bond donors (Lipinski definition) is 3. The molecule has 0 spiro atoms. The molecule has 292 valence electrons. The van der Waals surface area contributed by atoms with Crippen molar-refractivity contribution in [3.63, 3.8) is 0 Å². The molecule has 0 unspecified atom stereocenters. The van der Waals surface area contributed by atoms with Crippen LogP contribution in [0.3, 0.4) is 0 Å². The minimum atomic E-state index is -0.325. The molecule has 3 aliphatic rings. The van der Waals surface area contributed by atoms with Gasteiger partial charge in [-0.25, -0.2) is 9.97 Å². The van der Waals surface area contributed by atoms with Crippen LogP contribution in [0, 0.1) is 12.8 Å². The number of carbonyl (C=O) groups excluding carboxylic acids is 3. The Bertz CT molecular complexity index is 2240. The number of pyridine rings is 2. The quantitative estimate of drug-likeness (QED) is 0.145. The number of aryl methyl sites for hydroxylation is 2. The standard InChI is InChI=1S/C41H47ClN10O4/c1-24-33(23-50(2)49-24)38-47-36-37(34(42)22-45-39(36)48-38)56-31-10-4-26(5-11-31)41(55)51(3)29-8-6-28(7-9-29)44-19-25-14-16-52(17-15-25)30-18-27(20-43-21-30)32-12-13-35(53)46-40(32)54/h4-5,10-11,18,20-23,25,28-29,32,44H,6-9,12-17,19H2,1-3H3,(H,45,47,48)(H,46,53,54)/t28?,29?,32-/m0/s1. The summed E-state index contributed by atoms with van der Waals surface area (Å²) in [6.07, 6.45) is 14.1. The van der Waals surface area contributed by atoms with Gasteiger partial charge in [-0.15, -0.1) is 0 Å². The predicted octanol–water partition coefficient (Wildman–Crippen LogP) is 5.92. The van der Waals surface area contributed by atoms with Crippen molar-refractivity contribution in [2.75, 3.05) is 31.6 Å². The maximum atomic E-state index is 13.6. The molecule has 3 amide bonds. The fourth-order valence-electron chi connectivity index (χ4n) is 8.34. The lowest BCUT2D eigenvalue weighted by Gasteiger charge is -2.37. The highest BCUT2D eigenvalue weighted by Gasteiger charge is 2.30. The van der Waals surface area contributed by atoms with Crippen LogP contribution in [0.5, 0.6) is 11.5 Å². The van der Waals surface area contributed by atoms with Gasteiger partial charge in [0.2, 0.25) is 11.8 Å². The van der Waals surface area contributed by atoms with Crippen LogP contribution >= 0.6 is 11.6 Å². The molecule has 2 aliphatic heterocycles. The first-order chi connectivity index (χ1) is 27.1. The van der Waals surface area contributed by atoms with Crippen LogP contribution in [0.15, 0.2) is 55.1 Å². The summed E-state index contributed by atoms with van der Waals surface area (Å²) < 4.78 is 7.97. The van der Waals surface area contributed by atoms with E-state index in [2.05, 4.69) is 46.6 Å². The van der Waals surface area contributed by atoms with Crippen LogP contribution in [0.4, 0.5) is 5.69 Å². The van der Waals surface area contributed by atoms with Gasteiger partial charge >= 0.3 is 0 Å². The third-order valence-corrected chi connectivity index (χ3v) is 11.9. The molecule has 6 heterocycles. The molecular weight excluding hydrogens is 732 g/mol. The van der Waals surface area contributed by atoms with Gasteiger partial charge in [0, 0.05) is 63.6 Å². The summed E-state index contributed by atoms with van der Waals surface area (Å²) in [6, 6.07) is 9.86. The van der Waals surface area contributed by atoms with Gasteiger partial charge in [-0.3, -0.25) is 29.4 Å². The summed E-state index contributed by atoms with van der Waals surface area (Å²) in [5.74, 6) is 1.41. The summed E-state index contributed by atoms with van der Waals surface area (Å²) in [5.41, 5.74) is 5.28. The number of benzene rings is 1. The van der Waals surface area contributed by atoms with Crippen molar-refractivity contribution in [3.05, 3.63) is 77.0 Å². The van der Waals surface area contributed by atoms with Crippen molar-refractivity contribution in [1.29, 1.82) is 0 Å². The Hall–Kier alpha value is -5.34. The molecule has 15 heteroatoms. The van der Waals surface area contributed by atoms with Crippen molar-refractivity contribution in [2.45, 2.75) is 76.3 Å². The molecule has 4 aromatic heterocycles. The number of aromatic amines is 1. The van der Waals surface area contributed by atoms with Crippen LogP contribution in [-0.2, 0) is 16.6 Å². The Morgan fingerprint density at radius 1 is 1.04 bits per heavy atom. The van der Waals surface area contributed by atoms with Crippen molar-refractivity contribution in [2.24, 2.45) is 13.0 Å². The first-order valence-corrected chi connectivity index (χ1v) is 19.8. The summed E-state index contributed by atoms with van der Waals surface area (Å²) in [4.78, 5) is 58.5. The number of nitrogens with zero attached hydrogens (tertiary/aromatic N) is 7. The number of amides is 3. The van der Waals surface area contributed by atoms with Crippen LogP contribution in [0.25, 0.3) is 22.6 Å². The van der Waals surface area contributed by atoms with Gasteiger partial charge < -0.3 is 24.8 Å². The van der Waals surface area contributed by atoms with E-state index in [9.17, 15) is 14.4 Å². The minimum absolute atomic E-state index is 0.00746. The molecule has 56 heavy (non-hydrogen) atoms. The third-order valence-electron chi connectivity index (χ3n) is 11.6. The van der Waals surface area contributed by atoms with Gasteiger partial charge in [0.15, 0.2) is 11.4 Å². The first-order valence-electron chi connectivity index (χ1n) is 19.5. The number of aromatic nitrogens is 6. The smallest absolute Gasteiger partial charge is 0.253 e. The molecule has 0 bridgehead atoms. The fraction of sp³-hybridized carbons (Fsp3) is 0.439. The first kappa shape index (κ1) is 37.6. The second kappa shape index (κ2) is 16.0. The molecule has 1 aliphatic carbocycles. The highest BCUT2D eigenvalue weighted by atomic mass is 35.5. The molecular formula is C41H47ClN10O4. The van der Waals surface area contributed by atoms with E-state index in [0.29, 0.717) is 63.9 Å². The Morgan fingerprint density at radius 3 is 2.52 bits per heavy atom. The lowest BCUT2D eigenvalue weighted by atomic mass is 9.89. The number of ether oxygens (including phenoxy) is 1. The zero-order valence-corrected chi connectivity index (χ0v) is 32.7. The van der Waals surface area contributed by atoms with Crippen LogP contribution in [-0.4, -0.2) is 91.1 Å². The van der Waals surface area contributed by atoms with E-state index >= 15 is 0 Å². The normalized spacial score (nSPS) is 20.6. The number of rotatable bonds is 10. The van der Waals surface area contributed by atoms with E-state index in [0.717, 1.165) is 80.7 Å². The zero-order chi connectivity index (χ0) is 38.9. The van der Waals surface area contributed by atoms with Crippen LogP contribution in [0.2, 0.25) is 5.02 Å². The Balaban J connectivity index is 0.794. The number of carbonyl (C=O) groups is 3. The molecule has 3 fully saturated rings. The topological polar surface area (TPSA) is 163 Å². The molecule has 1 atom stereocenters. The van der Waals surface area contributed by atoms with Gasteiger partial charge in [0.05, 0.1) is 35.3 Å². The number of imide groups is 1. The van der Waals surface area contributed by atoms with Crippen molar-refractivity contribution in [3.8, 4) is 22.9 Å². The minimum Gasteiger partial charge on any atom is -0.453 e. The summed E-state index contributed by atoms with van der Waals surface area (Å²) in [7, 11) is 3.77. The number of H-pyrrole nitrogens is 1. The number of hydrogen-bond acceptors (Lipinski definition) is 10. The SMILES string of the molecule is Cc1nn(C)cc1-c1nc2ncc(Cl)c(Oc3ccc(C(=O)N(C)C4CCC(NCC5CCN(c6cncc([C@@H]7CCC(=O)NC7=O)c6)CC5)CC4)cc3)c2[nH]1. The van der Waals surface area contributed by atoms with E-state index in [4.69, 9.17) is 16.3 Å². The molecule has 14 nitrogen and oxygen atoms in total. The highest BCUT2D eigenvalue weighted by Crippen LogP contribution is 2.37. The zero-order valence-electron chi connectivity index (χ0n) is 31.9. The maximum Gasteiger partial charge on any atom is 0.253 e. The second-order valence-corrected chi connectivity index (χ2v) is 15.8. The molecule has 0 radical (unpaired) electrons. The van der Waals surface area contributed by atoms with Gasteiger partial charge in [0.1, 0.15) is 22.1 Å². The second-order valence-electron chi connectivity index (χ2n) is 15.4. The summed E-state index contributed by atoms with van der Waals surface area (Å²) in [6.45, 7) is 4.80. The van der Waals surface area contributed by atoms with Crippen molar-refractivity contribution in [1.82, 2.24) is 45.2 Å². The number of anilines is 1. The fourth-order valence-corrected chi connectivity index (χ4v) is 8.52. The Morgan fingerprint density at radius 2 is 1.80 bits per heavy atom. The van der Waals surface area contributed by atoms with E-state index in [-0.39, 0.29) is 29.7 Å². The Kier molecular flexibility index (Phi) is 10.8. The molecule has 5 aromatic rings. The average Bonchev–Trinajstić information content (AvgIpc) is 3.80. The van der Waals surface area contributed by atoms with Gasteiger partial charge in [-0.05, 0) is 100 Å². The van der Waals surface area contributed by atoms with Crippen molar-refractivity contribution >= 4 is 46.2 Å². The summed E-state index contributed by atoms with van der Waals surface area (Å²) in [5, 5.41) is 11.0. The highest BCUT2D eigenvalue weighted by molar-refractivity contribution is 6.32. The number of imidazole rings is 1. The lowest BCUT2D eigenvalue weighted by Crippen LogP contribution is -2.45. The van der Waals surface area contributed by atoms with Crippen molar-refractivity contribution < 1.29 is 19.1 Å². The predicted molar refractivity (Wildman–Crippen MR) is 213 cm³/mol. The molecule has 2 saturated heterocycles. The lowest BCUT2D eigenvalue weighted by molar-refractivity contribution is -0.134. The molecule has 3 N–H and O–H groups in total. The maximum absolute atomic E-state index is 13.6. The number of fused-ring (bicyclic) bond motifs is 1.